The number of ether oxygens (including phenoxy) is 1. The van der Waals surface area contributed by atoms with Crippen molar-refractivity contribution in [3.8, 4) is 0 Å². The zero-order valence-corrected chi connectivity index (χ0v) is 6.46. The van der Waals surface area contributed by atoms with Gasteiger partial charge in [0.15, 0.2) is 5.78 Å². The quantitative estimate of drug-likeness (QED) is 0.573. The summed E-state index contributed by atoms with van der Waals surface area (Å²) in [4.78, 5) is 21.1. The highest BCUT2D eigenvalue weighted by molar-refractivity contribution is 5.85. The van der Waals surface area contributed by atoms with Gasteiger partial charge in [0, 0.05) is 0 Å². The van der Waals surface area contributed by atoms with Crippen molar-refractivity contribution in [1.82, 2.24) is 5.32 Å². The van der Waals surface area contributed by atoms with E-state index in [9.17, 15) is 9.59 Å². The van der Waals surface area contributed by atoms with E-state index in [-0.39, 0.29) is 5.78 Å². The highest BCUT2D eigenvalue weighted by atomic mass is 16.5. The van der Waals surface area contributed by atoms with Crippen molar-refractivity contribution in [1.29, 1.82) is 0 Å². The molecule has 2 N–H and O–H groups in total. The first kappa shape index (κ1) is 9.90. The van der Waals surface area contributed by atoms with Crippen LogP contribution in [0.15, 0.2) is 0 Å². The summed E-state index contributed by atoms with van der Waals surface area (Å²) in [6, 6.07) is -0.859. The van der Waals surface area contributed by atoms with Gasteiger partial charge < -0.3 is 15.2 Å². The standard InChI is InChI=1S/C6H11NO4/c1-4(9)5(3-8)7-6(10)11-2/h5,8H,3H2,1-2H3,(H,7,10). The summed E-state index contributed by atoms with van der Waals surface area (Å²) in [6.45, 7) is 0.862. The molecule has 0 aromatic rings. The predicted molar refractivity (Wildman–Crippen MR) is 37.1 cm³/mol. The molecular formula is C6H11NO4. The average Bonchev–Trinajstić information content (AvgIpc) is 1.99. The van der Waals surface area contributed by atoms with E-state index in [1.54, 1.807) is 0 Å². The molecule has 0 fully saturated rings. The van der Waals surface area contributed by atoms with E-state index < -0.39 is 18.7 Å². The zero-order chi connectivity index (χ0) is 8.85. The number of hydrogen-bond acceptors (Lipinski definition) is 4. The fraction of sp³-hybridized carbons (Fsp3) is 0.667. The lowest BCUT2D eigenvalue weighted by Crippen LogP contribution is -2.42. The van der Waals surface area contributed by atoms with Gasteiger partial charge in [-0.1, -0.05) is 0 Å². The number of aliphatic hydroxyl groups excluding tert-OH is 1. The van der Waals surface area contributed by atoms with Crippen LogP contribution in [-0.4, -0.2) is 36.7 Å². The lowest BCUT2D eigenvalue weighted by Gasteiger charge is -2.10. The molecule has 0 saturated carbocycles. The largest absolute Gasteiger partial charge is 0.453 e. The van der Waals surface area contributed by atoms with Crippen molar-refractivity contribution in [2.75, 3.05) is 13.7 Å². The van der Waals surface area contributed by atoms with E-state index in [1.165, 1.54) is 14.0 Å². The Hall–Kier alpha value is -1.10. The van der Waals surface area contributed by atoms with E-state index in [2.05, 4.69) is 10.1 Å². The summed E-state index contributed by atoms with van der Waals surface area (Å²) in [5, 5.41) is 10.7. The van der Waals surface area contributed by atoms with Crippen LogP contribution in [0, 0.1) is 0 Å². The molecule has 5 heteroatoms. The summed E-state index contributed by atoms with van der Waals surface area (Å²) < 4.78 is 4.22. The second-order valence-corrected chi connectivity index (χ2v) is 1.98. The van der Waals surface area contributed by atoms with E-state index in [0.717, 1.165) is 0 Å². The molecule has 1 atom stereocenters. The number of alkyl carbamates (subject to hydrolysis) is 1. The van der Waals surface area contributed by atoms with Crippen molar-refractivity contribution >= 4 is 11.9 Å². The Balaban J connectivity index is 3.88. The number of methoxy groups -OCH3 is 1. The lowest BCUT2D eigenvalue weighted by molar-refractivity contribution is -0.119. The predicted octanol–water partition coefficient (Wildman–Crippen LogP) is -0.708. The highest BCUT2D eigenvalue weighted by Gasteiger charge is 2.15. The summed E-state index contributed by atoms with van der Waals surface area (Å²) in [5.74, 6) is -0.307. The molecule has 0 heterocycles. The van der Waals surface area contributed by atoms with Crippen LogP contribution >= 0.6 is 0 Å². The third kappa shape index (κ3) is 3.57. The Morgan fingerprint density at radius 1 is 1.64 bits per heavy atom. The average molecular weight is 161 g/mol. The van der Waals surface area contributed by atoms with E-state index >= 15 is 0 Å². The molecular weight excluding hydrogens is 150 g/mol. The fourth-order valence-corrected chi connectivity index (χ4v) is 0.477. The minimum absolute atomic E-state index is 0.307. The third-order valence-electron chi connectivity index (χ3n) is 1.15. The highest BCUT2D eigenvalue weighted by Crippen LogP contribution is 1.85. The third-order valence-corrected chi connectivity index (χ3v) is 1.15. The second kappa shape index (κ2) is 4.68. The van der Waals surface area contributed by atoms with Gasteiger partial charge in [-0.25, -0.2) is 4.79 Å². The first-order chi connectivity index (χ1) is 5.11. The maximum absolute atomic E-state index is 10.6. The van der Waals surface area contributed by atoms with Gasteiger partial charge in [0.1, 0.15) is 6.04 Å². The molecule has 5 nitrogen and oxygen atoms in total. The Morgan fingerprint density at radius 3 is 2.45 bits per heavy atom. The number of nitrogens with one attached hydrogen (secondary N) is 1. The van der Waals surface area contributed by atoms with E-state index in [1.807, 2.05) is 0 Å². The topological polar surface area (TPSA) is 75.6 Å². The van der Waals surface area contributed by atoms with Crippen LogP contribution in [0.2, 0.25) is 0 Å². The number of Topliss-reactive ketones (excluding diaryl/α,β-unsaturated/α-hetero) is 1. The number of carbonyl (C=O) groups excluding carboxylic acids is 2. The maximum atomic E-state index is 10.6. The molecule has 0 aromatic carbocycles. The van der Waals surface area contributed by atoms with Crippen LogP contribution in [0.3, 0.4) is 0 Å². The normalized spacial score (nSPS) is 11.9. The number of aliphatic hydroxyl groups is 1. The van der Waals surface area contributed by atoms with Gasteiger partial charge in [-0.05, 0) is 6.92 Å². The van der Waals surface area contributed by atoms with E-state index in [0.29, 0.717) is 0 Å². The van der Waals surface area contributed by atoms with Gasteiger partial charge in [-0.3, -0.25) is 4.79 Å². The van der Waals surface area contributed by atoms with Gasteiger partial charge in [-0.2, -0.15) is 0 Å². The van der Waals surface area contributed by atoms with Crippen LogP contribution in [0.4, 0.5) is 4.79 Å². The van der Waals surface area contributed by atoms with Crippen LogP contribution in [-0.2, 0) is 9.53 Å². The van der Waals surface area contributed by atoms with Crippen LogP contribution in [0.1, 0.15) is 6.92 Å². The van der Waals surface area contributed by atoms with Gasteiger partial charge in [0.2, 0.25) is 0 Å². The van der Waals surface area contributed by atoms with Crippen molar-refractivity contribution in [3.05, 3.63) is 0 Å². The first-order valence-corrected chi connectivity index (χ1v) is 3.07. The molecule has 64 valence electrons. The first-order valence-electron chi connectivity index (χ1n) is 3.07. The molecule has 1 unspecified atom stereocenters. The number of ketones is 1. The van der Waals surface area contributed by atoms with Gasteiger partial charge in [-0.15, -0.1) is 0 Å². The van der Waals surface area contributed by atoms with Crippen LogP contribution in [0.5, 0.6) is 0 Å². The van der Waals surface area contributed by atoms with Crippen molar-refractivity contribution in [2.24, 2.45) is 0 Å². The maximum Gasteiger partial charge on any atom is 0.407 e. The SMILES string of the molecule is COC(=O)NC(CO)C(C)=O. The lowest BCUT2D eigenvalue weighted by atomic mass is 10.2. The molecule has 0 bridgehead atoms. The van der Waals surface area contributed by atoms with Gasteiger partial charge in [0.05, 0.1) is 13.7 Å². The monoisotopic (exact) mass is 161 g/mol. The van der Waals surface area contributed by atoms with Crippen molar-refractivity contribution in [2.45, 2.75) is 13.0 Å². The number of carbonyl (C=O) groups is 2. The molecule has 0 rings (SSSR count). The Bertz CT molecular complexity index is 157. The summed E-state index contributed by atoms with van der Waals surface area (Å²) >= 11 is 0. The minimum atomic E-state index is -0.859. The molecule has 0 aliphatic rings. The summed E-state index contributed by atoms with van der Waals surface area (Å²) in [5.41, 5.74) is 0. The zero-order valence-electron chi connectivity index (χ0n) is 6.46. The number of amides is 1. The summed E-state index contributed by atoms with van der Waals surface area (Å²) in [7, 11) is 1.18. The van der Waals surface area contributed by atoms with Crippen LogP contribution in [0.25, 0.3) is 0 Å². The van der Waals surface area contributed by atoms with Crippen molar-refractivity contribution < 1.29 is 19.4 Å². The molecule has 1 amide bonds. The van der Waals surface area contributed by atoms with Crippen molar-refractivity contribution in [3.63, 3.8) is 0 Å². The van der Waals surface area contributed by atoms with Crippen LogP contribution < -0.4 is 5.32 Å². The molecule has 0 aromatic heterocycles. The molecule has 0 spiro atoms. The Labute approximate surface area is 64.3 Å². The molecule has 0 aliphatic carbocycles. The smallest absolute Gasteiger partial charge is 0.407 e. The molecule has 0 radical (unpaired) electrons. The molecule has 11 heavy (non-hydrogen) atoms. The van der Waals surface area contributed by atoms with E-state index in [4.69, 9.17) is 5.11 Å². The number of hydrogen-bond donors (Lipinski definition) is 2. The van der Waals surface area contributed by atoms with Gasteiger partial charge >= 0.3 is 6.09 Å². The molecule has 0 aliphatic heterocycles. The van der Waals surface area contributed by atoms with Gasteiger partial charge in [0.25, 0.3) is 0 Å². The Morgan fingerprint density at radius 2 is 2.18 bits per heavy atom. The number of rotatable bonds is 3. The fourth-order valence-electron chi connectivity index (χ4n) is 0.477. The molecule has 0 saturated heterocycles. The Kier molecular flexibility index (Phi) is 4.21. The minimum Gasteiger partial charge on any atom is -0.453 e. The second-order valence-electron chi connectivity index (χ2n) is 1.98. The summed E-state index contributed by atoms with van der Waals surface area (Å²) in [6.07, 6.45) is -0.723.